The molecule has 0 unspecified atom stereocenters. The third-order valence-corrected chi connectivity index (χ3v) is 9.69. The number of thioether (sulfide) groups is 1. The first-order chi connectivity index (χ1) is 17.0. The van der Waals surface area contributed by atoms with Crippen molar-refractivity contribution in [2.45, 2.75) is 10.6 Å². The number of hydrogen-bond donors (Lipinski definition) is 1. The molecule has 2 aromatic carbocycles. The Balaban J connectivity index is 1.57. The molecule has 14 heteroatoms. The van der Waals surface area contributed by atoms with E-state index in [4.69, 9.17) is 16.3 Å². The van der Waals surface area contributed by atoms with E-state index in [1.54, 1.807) is 6.07 Å². The average molecular weight is 580 g/mol. The molecule has 3 rings (SSSR count). The Kier molecular flexibility index (Phi) is 10.0. The summed E-state index contributed by atoms with van der Waals surface area (Å²) in [6.45, 7) is 0.867. The van der Waals surface area contributed by atoms with Gasteiger partial charge in [-0.3, -0.25) is 9.10 Å². The van der Waals surface area contributed by atoms with Crippen molar-refractivity contribution in [3.05, 3.63) is 58.9 Å². The molecule has 1 aliphatic rings. The number of anilines is 1. The normalized spacial score (nSPS) is 15.0. The van der Waals surface area contributed by atoms with Crippen LogP contribution in [-0.4, -0.2) is 78.4 Å². The second-order valence-electron chi connectivity index (χ2n) is 7.88. The largest absolute Gasteiger partial charge is 0.379 e. The number of halogens is 2. The van der Waals surface area contributed by atoms with E-state index in [-0.39, 0.29) is 30.2 Å². The maximum Gasteiger partial charge on any atom is 0.243 e. The van der Waals surface area contributed by atoms with Crippen molar-refractivity contribution in [3.63, 3.8) is 0 Å². The number of benzene rings is 2. The minimum atomic E-state index is -3.83. The number of morpholine rings is 1. The van der Waals surface area contributed by atoms with Crippen molar-refractivity contribution in [2.75, 3.05) is 55.7 Å². The van der Waals surface area contributed by atoms with Crippen LogP contribution in [0.3, 0.4) is 0 Å². The Morgan fingerprint density at radius 3 is 2.42 bits per heavy atom. The molecule has 9 nitrogen and oxygen atoms in total. The molecular weight excluding hydrogens is 553 g/mol. The number of amides is 1. The summed E-state index contributed by atoms with van der Waals surface area (Å²) in [5, 5.41) is 2.97. The van der Waals surface area contributed by atoms with E-state index in [0.717, 1.165) is 10.6 Å². The highest BCUT2D eigenvalue weighted by Crippen LogP contribution is 2.24. The smallest absolute Gasteiger partial charge is 0.243 e. The van der Waals surface area contributed by atoms with E-state index in [0.29, 0.717) is 35.3 Å². The van der Waals surface area contributed by atoms with Gasteiger partial charge in [0.15, 0.2) is 0 Å². The minimum Gasteiger partial charge on any atom is -0.379 e. The van der Waals surface area contributed by atoms with Crippen molar-refractivity contribution in [1.29, 1.82) is 0 Å². The van der Waals surface area contributed by atoms with E-state index in [1.165, 1.54) is 52.5 Å². The van der Waals surface area contributed by atoms with Crippen LogP contribution < -0.4 is 9.62 Å². The molecule has 0 radical (unpaired) electrons. The lowest BCUT2D eigenvalue weighted by molar-refractivity contribution is -0.119. The lowest BCUT2D eigenvalue weighted by atomic mass is 10.2. The van der Waals surface area contributed by atoms with Crippen molar-refractivity contribution in [3.8, 4) is 0 Å². The lowest BCUT2D eigenvalue weighted by Gasteiger charge is -2.26. The SMILES string of the molecule is CS(=O)(=O)N(CC(=O)NCCSCc1c(F)cccc1Cl)c1ccc(S(=O)(=O)N2CCOCC2)cc1. The van der Waals surface area contributed by atoms with E-state index in [1.807, 2.05) is 0 Å². The van der Waals surface area contributed by atoms with Gasteiger partial charge in [-0.05, 0) is 36.4 Å². The van der Waals surface area contributed by atoms with Gasteiger partial charge in [-0.1, -0.05) is 17.7 Å². The fraction of sp³-hybridized carbons (Fsp3) is 0.409. The van der Waals surface area contributed by atoms with Crippen LogP contribution in [0, 0.1) is 5.82 Å². The molecule has 1 fully saturated rings. The molecule has 1 saturated heterocycles. The maximum atomic E-state index is 13.8. The van der Waals surface area contributed by atoms with Crippen LogP contribution in [0.15, 0.2) is 47.4 Å². The Bertz CT molecular complexity index is 1250. The van der Waals surface area contributed by atoms with Gasteiger partial charge in [-0.25, -0.2) is 21.2 Å². The molecule has 0 atom stereocenters. The second kappa shape index (κ2) is 12.6. The molecule has 36 heavy (non-hydrogen) atoms. The fourth-order valence-electron chi connectivity index (χ4n) is 3.41. The summed E-state index contributed by atoms with van der Waals surface area (Å²) in [5.41, 5.74) is 0.551. The van der Waals surface area contributed by atoms with Crippen LogP contribution in [0.1, 0.15) is 5.56 Å². The highest BCUT2D eigenvalue weighted by Gasteiger charge is 2.27. The predicted molar refractivity (Wildman–Crippen MR) is 139 cm³/mol. The second-order valence-corrected chi connectivity index (χ2v) is 13.2. The standard InChI is InChI=1S/C22H27ClFN3O6S3/c1-35(29,30)27(15-22(28)25-9-14-34-16-19-20(23)3-2-4-21(19)24)17-5-7-18(8-6-17)36(31,32)26-10-12-33-13-11-26/h2-8H,9-16H2,1H3,(H,25,28). The number of sulfonamides is 2. The number of carbonyl (C=O) groups is 1. The molecule has 1 amide bonds. The summed E-state index contributed by atoms with van der Waals surface area (Å²) in [6, 6.07) is 9.81. The lowest BCUT2D eigenvalue weighted by Crippen LogP contribution is -2.41. The van der Waals surface area contributed by atoms with E-state index in [9.17, 15) is 26.0 Å². The predicted octanol–water partition coefficient (Wildman–Crippen LogP) is 2.32. The molecule has 0 spiro atoms. The van der Waals surface area contributed by atoms with Gasteiger partial charge < -0.3 is 10.1 Å². The van der Waals surface area contributed by atoms with Crippen LogP contribution in [0.25, 0.3) is 0 Å². The van der Waals surface area contributed by atoms with Crippen LogP contribution >= 0.6 is 23.4 Å². The molecule has 1 heterocycles. The van der Waals surface area contributed by atoms with Crippen molar-refractivity contribution in [1.82, 2.24) is 9.62 Å². The molecule has 0 aromatic heterocycles. The van der Waals surface area contributed by atoms with Crippen LogP contribution in [0.4, 0.5) is 10.1 Å². The molecule has 0 aliphatic carbocycles. The zero-order valence-corrected chi connectivity index (χ0v) is 22.7. The number of carbonyl (C=O) groups excluding carboxylic acids is 1. The molecule has 1 aliphatic heterocycles. The summed E-state index contributed by atoms with van der Waals surface area (Å²) in [7, 11) is -7.56. The first-order valence-electron chi connectivity index (χ1n) is 10.9. The Labute approximate surface area is 220 Å². The third-order valence-electron chi connectivity index (χ3n) is 5.30. The van der Waals surface area contributed by atoms with Crippen LogP contribution in [0.2, 0.25) is 5.02 Å². The first-order valence-corrected chi connectivity index (χ1v) is 15.8. The Morgan fingerprint density at radius 2 is 1.81 bits per heavy atom. The quantitative estimate of drug-likeness (QED) is 0.407. The zero-order valence-electron chi connectivity index (χ0n) is 19.5. The van der Waals surface area contributed by atoms with E-state index >= 15 is 0 Å². The summed E-state index contributed by atoms with van der Waals surface area (Å²) in [5.74, 6) is -0.138. The zero-order chi connectivity index (χ0) is 26.3. The number of nitrogens with one attached hydrogen (secondary N) is 1. The first kappa shape index (κ1) is 28.7. The van der Waals surface area contributed by atoms with Gasteiger partial charge >= 0.3 is 0 Å². The van der Waals surface area contributed by atoms with Gasteiger partial charge in [0.2, 0.25) is 26.0 Å². The Hall–Kier alpha value is -1.90. The summed E-state index contributed by atoms with van der Waals surface area (Å²) in [6.07, 6.45) is 0.965. The summed E-state index contributed by atoms with van der Waals surface area (Å²) < 4.78 is 71.5. The molecular formula is C22H27ClFN3O6S3. The van der Waals surface area contributed by atoms with Gasteiger partial charge in [-0.2, -0.15) is 16.1 Å². The maximum absolute atomic E-state index is 13.8. The minimum absolute atomic E-state index is 0.0260. The molecule has 0 saturated carbocycles. The van der Waals surface area contributed by atoms with Crippen LogP contribution in [-0.2, 0) is 35.3 Å². The molecule has 2 aromatic rings. The number of rotatable bonds is 11. The van der Waals surface area contributed by atoms with Gasteiger partial charge in [0.05, 0.1) is 30.1 Å². The topological polar surface area (TPSA) is 113 Å². The summed E-state index contributed by atoms with van der Waals surface area (Å²) in [4.78, 5) is 12.5. The highest BCUT2D eigenvalue weighted by atomic mass is 35.5. The van der Waals surface area contributed by atoms with Gasteiger partial charge in [0.25, 0.3) is 0 Å². The van der Waals surface area contributed by atoms with E-state index in [2.05, 4.69) is 5.32 Å². The number of hydrogen-bond acceptors (Lipinski definition) is 7. The van der Waals surface area contributed by atoms with Crippen molar-refractivity contribution < 1.29 is 30.8 Å². The Morgan fingerprint density at radius 1 is 1.14 bits per heavy atom. The number of nitrogens with zero attached hydrogens (tertiary/aromatic N) is 2. The van der Waals surface area contributed by atoms with Crippen LogP contribution in [0.5, 0.6) is 0 Å². The monoisotopic (exact) mass is 579 g/mol. The average Bonchev–Trinajstić information content (AvgIpc) is 2.84. The van der Waals surface area contributed by atoms with Crippen molar-refractivity contribution in [2.24, 2.45) is 0 Å². The van der Waals surface area contributed by atoms with Crippen molar-refractivity contribution >= 4 is 55.0 Å². The van der Waals surface area contributed by atoms with E-state index < -0.39 is 38.3 Å². The molecule has 1 N–H and O–H groups in total. The third kappa shape index (κ3) is 7.56. The number of ether oxygens (including phenoxy) is 1. The molecule has 0 bridgehead atoms. The highest BCUT2D eigenvalue weighted by molar-refractivity contribution is 7.98. The fourth-order valence-corrected chi connectivity index (χ4v) is 6.88. The van der Waals surface area contributed by atoms with Gasteiger partial charge in [0, 0.05) is 41.7 Å². The summed E-state index contributed by atoms with van der Waals surface area (Å²) >= 11 is 7.37. The van der Waals surface area contributed by atoms with Gasteiger partial charge in [0.1, 0.15) is 12.4 Å². The van der Waals surface area contributed by atoms with Gasteiger partial charge in [-0.15, -0.1) is 0 Å². The molecule has 198 valence electrons.